The van der Waals surface area contributed by atoms with Gasteiger partial charge in [-0.1, -0.05) is 17.7 Å². The van der Waals surface area contributed by atoms with Crippen molar-refractivity contribution in [2.45, 2.75) is 6.92 Å². The number of aryl methyl sites for hydroxylation is 1. The molecule has 0 radical (unpaired) electrons. The van der Waals surface area contributed by atoms with Gasteiger partial charge in [0.05, 0.1) is 0 Å². The van der Waals surface area contributed by atoms with Crippen LogP contribution in [-0.4, -0.2) is 16.1 Å². The Morgan fingerprint density at radius 1 is 1.40 bits per heavy atom. The number of hydrogen-bond donors (Lipinski definition) is 1. The molecular weight excluding hydrogens is 214 g/mol. The van der Waals surface area contributed by atoms with Crippen molar-refractivity contribution in [2.75, 3.05) is 0 Å². The largest absolute Gasteiger partial charge is 0.476 e. The van der Waals surface area contributed by atoms with Crippen molar-refractivity contribution in [3.8, 4) is 0 Å². The quantitative estimate of drug-likeness (QED) is 0.806. The molecule has 3 nitrogen and oxygen atoms in total. The van der Waals surface area contributed by atoms with Crippen LogP contribution in [0.15, 0.2) is 24.3 Å². The molecule has 0 aliphatic rings. The second kappa shape index (κ2) is 3.51. The van der Waals surface area contributed by atoms with Gasteiger partial charge in [-0.2, -0.15) is 0 Å². The molecule has 2 rings (SSSR count). The molecule has 15 heavy (non-hydrogen) atoms. The van der Waals surface area contributed by atoms with Crippen LogP contribution in [0.1, 0.15) is 16.2 Å². The van der Waals surface area contributed by atoms with Crippen LogP contribution in [0, 0.1) is 6.92 Å². The average Bonchev–Trinajstić information content (AvgIpc) is 2.15. The van der Waals surface area contributed by atoms with Crippen LogP contribution in [0.4, 0.5) is 0 Å². The number of aromatic nitrogens is 1. The third kappa shape index (κ3) is 1.78. The number of hydrogen-bond acceptors (Lipinski definition) is 2. The molecule has 1 aromatic carbocycles. The SMILES string of the molecule is Cc1cc2cc(Cl)ccc2c(C(=O)O)n1. The molecule has 0 unspecified atom stereocenters. The molecule has 76 valence electrons. The first kappa shape index (κ1) is 9.93. The van der Waals surface area contributed by atoms with Crippen LogP contribution in [0.3, 0.4) is 0 Å². The number of aromatic carboxylic acids is 1. The van der Waals surface area contributed by atoms with E-state index < -0.39 is 5.97 Å². The van der Waals surface area contributed by atoms with E-state index in [-0.39, 0.29) is 5.69 Å². The minimum atomic E-state index is -1.02. The molecule has 0 amide bonds. The summed E-state index contributed by atoms with van der Waals surface area (Å²) in [6.07, 6.45) is 0. The zero-order chi connectivity index (χ0) is 11.0. The molecule has 4 heteroatoms. The standard InChI is InChI=1S/C11H8ClNO2/c1-6-4-7-5-8(12)2-3-9(7)10(13-6)11(14)15/h2-5H,1H3,(H,14,15). The summed E-state index contributed by atoms with van der Waals surface area (Å²) in [5.74, 6) is -1.02. The average molecular weight is 222 g/mol. The third-order valence-corrected chi connectivity index (χ3v) is 2.36. The number of halogens is 1. The van der Waals surface area contributed by atoms with Crippen LogP contribution in [0.5, 0.6) is 0 Å². The van der Waals surface area contributed by atoms with E-state index in [0.717, 1.165) is 5.39 Å². The molecular formula is C11H8ClNO2. The topological polar surface area (TPSA) is 50.2 Å². The Hall–Kier alpha value is -1.61. The molecule has 0 aliphatic heterocycles. The van der Waals surface area contributed by atoms with E-state index in [0.29, 0.717) is 16.1 Å². The van der Waals surface area contributed by atoms with Gasteiger partial charge in [0, 0.05) is 16.1 Å². The molecule has 0 atom stereocenters. The summed E-state index contributed by atoms with van der Waals surface area (Å²) >= 11 is 5.84. The molecule has 0 aliphatic carbocycles. The van der Waals surface area contributed by atoms with Crippen molar-refractivity contribution in [3.63, 3.8) is 0 Å². The van der Waals surface area contributed by atoms with Crippen molar-refractivity contribution >= 4 is 28.3 Å². The summed E-state index contributed by atoms with van der Waals surface area (Å²) in [6.45, 7) is 1.76. The molecule has 0 bridgehead atoms. The number of carboxylic acid groups (broad SMARTS) is 1. The first-order valence-electron chi connectivity index (χ1n) is 4.38. The molecule has 1 N–H and O–H groups in total. The summed E-state index contributed by atoms with van der Waals surface area (Å²) in [5, 5.41) is 11.0. The van der Waals surface area contributed by atoms with Gasteiger partial charge in [0.25, 0.3) is 0 Å². The summed E-state index contributed by atoms with van der Waals surface area (Å²) in [6, 6.07) is 6.88. The van der Waals surface area contributed by atoms with E-state index in [4.69, 9.17) is 16.7 Å². The van der Waals surface area contributed by atoms with Gasteiger partial charge in [0.1, 0.15) is 0 Å². The molecule has 2 aromatic rings. The van der Waals surface area contributed by atoms with Gasteiger partial charge in [-0.05, 0) is 30.5 Å². The smallest absolute Gasteiger partial charge is 0.355 e. The highest BCUT2D eigenvalue weighted by Gasteiger charge is 2.11. The molecule has 1 heterocycles. The Labute approximate surface area is 91.3 Å². The van der Waals surface area contributed by atoms with Crippen molar-refractivity contribution in [3.05, 3.63) is 40.7 Å². The fourth-order valence-corrected chi connectivity index (χ4v) is 1.71. The zero-order valence-electron chi connectivity index (χ0n) is 7.99. The van der Waals surface area contributed by atoms with Gasteiger partial charge in [0.2, 0.25) is 0 Å². The van der Waals surface area contributed by atoms with Crippen molar-refractivity contribution in [1.29, 1.82) is 0 Å². The lowest BCUT2D eigenvalue weighted by molar-refractivity contribution is 0.0692. The van der Waals surface area contributed by atoms with E-state index in [1.165, 1.54) is 0 Å². The summed E-state index contributed by atoms with van der Waals surface area (Å²) < 4.78 is 0. The van der Waals surface area contributed by atoms with Gasteiger partial charge < -0.3 is 5.11 Å². The number of benzene rings is 1. The molecule has 0 spiro atoms. The van der Waals surface area contributed by atoms with E-state index in [9.17, 15) is 4.79 Å². The Kier molecular flexibility index (Phi) is 2.32. The summed E-state index contributed by atoms with van der Waals surface area (Å²) in [4.78, 5) is 14.9. The zero-order valence-corrected chi connectivity index (χ0v) is 8.75. The molecule has 1 aromatic heterocycles. The van der Waals surface area contributed by atoms with Crippen molar-refractivity contribution in [1.82, 2.24) is 4.98 Å². The number of carboxylic acids is 1. The van der Waals surface area contributed by atoms with Gasteiger partial charge >= 0.3 is 5.97 Å². The Bertz CT molecular complexity index is 546. The number of nitrogens with zero attached hydrogens (tertiary/aromatic N) is 1. The first-order chi connectivity index (χ1) is 7.08. The van der Waals surface area contributed by atoms with Gasteiger partial charge in [-0.15, -0.1) is 0 Å². The maximum Gasteiger partial charge on any atom is 0.355 e. The van der Waals surface area contributed by atoms with Gasteiger partial charge in [-0.3, -0.25) is 0 Å². The fourth-order valence-electron chi connectivity index (χ4n) is 1.53. The van der Waals surface area contributed by atoms with Crippen LogP contribution in [-0.2, 0) is 0 Å². The highest BCUT2D eigenvalue weighted by molar-refractivity contribution is 6.31. The Morgan fingerprint density at radius 2 is 2.13 bits per heavy atom. The maximum atomic E-state index is 11.0. The van der Waals surface area contributed by atoms with Crippen LogP contribution in [0.25, 0.3) is 10.8 Å². The Balaban J connectivity index is 2.86. The number of carbonyl (C=O) groups is 1. The van der Waals surface area contributed by atoms with Gasteiger partial charge in [0.15, 0.2) is 5.69 Å². The van der Waals surface area contributed by atoms with Crippen LogP contribution in [0.2, 0.25) is 5.02 Å². The van der Waals surface area contributed by atoms with E-state index in [2.05, 4.69) is 4.98 Å². The van der Waals surface area contributed by atoms with E-state index >= 15 is 0 Å². The lowest BCUT2D eigenvalue weighted by Crippen LogP contribution is -2.02. The highest BCUT2D eigenvalue weighted by atomic mass is 35.5. The lowest BCUT2D eigenvalue weighted by Gasteiger charge is -2.03. The van der Waals surface area contributed by atoms with Gasteiger partial charge in [-0.25, -0.2) is 9.78 Å². The summed E-state index contributed by atoms with van der Waals surface area (Å²) in [5.41, 5.74) is 0.740. The summed E-state index contributed by atoms with van der Waals surface area (Å²) in [7, 11) is 0. The predicted molar refractivity (Wildman–Crippen MR) is 58.4 cm³/mol. The second-order valence-electron chi connectivity index (χ2n) is 3.28. The fraction of sp³-hybridized carbons (Fsp3) is 0.0909. The first-order valence-corrected chi connectivity index (χ1v) is 4.76. The number of fused-ring (bicyclic) bond motifs is 1. The lowest BCUT2D eigenvalue weighted by atomic mass is 10.1. The minimum Gasteiger partial charge on any atom is -0.476 e. The third-order valence-electron chi connectivity index (χ3n) is 2.12. The van der Waals surface area contributed by atoms with E-state index in [1.807, 2.05) is 6.07 Å². The predicted octanol–water partition coefficient (Wildman–Crippen LogP) is 2.89. The second-order valence-corrected chi connectivity index (χ2v) is 3.72. The van der Waals surface area contributed by atoms with Crippen molar-refractivity contribution < 1.29 is 9.90 Å². The Morgan fingerprint density at radius 3 is 2.80 bits per heavy atom. The molecule has 0 fully saturated rings. The van der Waals surface area contributed by atoms with Crippen LogP contribution < -0.4 is 0 Å². The molecule has 0 saturated heterocycles. The molecule has 0 saturated carbocycles. The highest BCUT2D eigenvalue weighted by Crippen LogP contribution is 2.22. The monoisotopic (exact) mass is 221 g/mol. The maximum absolute atomic E-state index is 11.0. The van der Waals surface area contributed by atoms with E-state index in [1.54, 1.807) is 25.1 Å². The number of rotatable bonds is 1. The normalized spacial score (nSPS) is 10.5. The van der Waals surface area contributed by atoms with Crippen LogP contribution >= 0.6 is 11.6 Å². The number of pyridine rings is 1. The minimum absolute atomic E-state index is 0.0710. The van der Waals surface area contributed by atoms with Crippen molar-refractivity contribution in [2.24, 2.45) is 0 Å².